The smallest absolute Gasteiger partial charge is 0.334 e. The molecule has 0 aliphatic carbocycles. The van der Waals surface area contributed by atoms with E-state index in [1.54, 1.807) is 0 Å². The molecule has 2 saturated heterocycles. The van der Waals surface area contributed by atoms with E-state index in [0.29, 0.717) is 39.0 Å². The first kappa shape index (κ1) is 19.8. The van der Waals surface area contributed by atoms with Crippen LogP contribution in [0.15, 0.2) is 21.6 Å². The van der Waals surface area contributed by atoms with E-state index in [1.807, 2.05) is 0 Å². The number of aliphatic hydroxyl groups is 1. The Bertz CT molecular complexity index is 790. The van der Waals surface area contributed by atoms with Crippen LogP contribution in [0.5, 0.6) is 0 Å². The molecule has 10 heteroatoms. The minimum atomic E-state index is -3.70. The van der Waals surface area contributed by atoms with Crippen LogP contribution in [0.3, 0.4) is 0 Å². The van der Waals surface area contributed by atoms with Gasteiger partial charge in [0.1, 0.15) is 0 Å². The number of furan rings is 1. The van der Waals surface area contributed by atoms with Crippen molar-refractivity contribution in [2.24, 2.45) is 5.92 Å². The summed E-state index contributed by atoms with van der Waals surface area (Å²) >= 11 is 0. The molecule has 1 aromatic heterocycles. The predicted molar refractivity (Wildman–Crippen MR) is 93.4 cm³/mol. The van der Waals surface area contributed by atoms with Crippen molar-refractivity contribution in [2.45, 2.75) is 36.9 Å². The summed E-state index contributed by atoms with van der Waals surface area (Å²) < 4.78 is 36.2. The lowest BCUT2D eigenvalue weighted by atomic mass is 9.91. The van der Waals surface area contributed by atoms with Crippen molar-refractivity contribution in [1.29, 1.82) is 0 Å². The summed E-state index contributed by atoms with van der Waals surface area (Å²) in [5.74, 6) is -1.38. The van der Waals surface area contributed by atoms with Gasteiger partial charge in [-0.2, -0.15) is 4.31 Å². The third-order valence-electron chi connectivity index (χ3n) is 5.17. The van der Waals surface area contributed by atoms with Crippen molar-refractivity contribution in [3.8, 4) is 0 Å². The van der Waals surface area contributed by atoms with Gasteiger partial charge in [-0.1, -0.05) is 0 Å². The highest BCUT2D eigenvalue weighted by Crippen LogP contribution is 2.26. The molecule has 2 aliphatic rings. The average molecular weight is 400 g/mol. The first-order valence-electron chi connectivity index (χ1n) is 8.99. The fraction of sp³-hybridized carbons (Fsp3) is 0.647. The van der Waals surface area contributed by atoms with Crippen LogP contribution in [-0.2, 0) is 19.6 Å². The van der Waals surface area contributed by atoms with Crippen LogP contribution < -0.4 is 0 Å². The normalized spacial score (nSPS) is 20.6. The quantitative estimate of drug-likeness (QED) is 0.713. The molecule has 0 radical (unpaired) electrons. The Kier molecular flexibility index (Phi) is 5.87. The van der Waals surface area contributed by atoms with Gasteiger partial charge in [0.2, 0.25) is 5.09 Å². The number of carbonyl (C=O) groups excluding carboxylic acids is 2. The van der Waals surface area contributed by atoms with Crippen LogP contribution in [-0.4, -0.2) is 74.0 Å². The maximum absolute atomic E-state index is 12.6. The topological polar surface area (TPSA) is 117 Å². The zero-order chi connectivity index (χ0) is 19.6. The molecule has 0 saturated carbocycles. The number of likely N-dealkylation sites (tertiary alicyclic amines) is 1. The van der Waals surface area contributed by atoms with Crippen LogP contribution in [0.4, 0.5) is 0 Å². The van der Waals surface area contributed by atoms with E-state index in [-0.39, 0.29) is 16.8 Å². The summed E-state index contributed by atoms with van der Waals surface area (Å²) in [5, 5.41) is 9.69. The summed E-state index contributed by atoms with van der Waals surface area (Å²) in [5.41, 5.74) is 0. The van der Waals surface area contributed by atoms with Crippen LogP contribution >= 0.6 is 0 Å². The lowest BCUT2D eigenvalue weighted by Crippen LogP contribution is -2.43. The molecule has 150 valence electrons. The molecule has 0 spiro atoms. The molecule has 27 heavy (non-hydrogen) atoms. The van der Waals surface area contributed by atoms with Crippen molar-refractivity contribution in [1.82, 2.24) is 9.21 Å². The number of ether oxygens (including phenoxy) is 1. The third kappa shape index (κ3) is 4.02. The Balaban J connectivity index is 1.63. The van der Waals surface area contributed by atoms with Gasteiger partial charge >= 0.3 is 5.97 Å². The summed E-state index contributed by atoms with van der Waals surface area (Å²) in [4.78, 5) is 25.6. The van der Waals surface area contributed by atoms with Crippen molar-refractivity contribution in [2.75, 3.05) is 33.3 Å². The molecular weight excluding hydrogens is 376 g/mol. The summed E-state index contributed by atoms with van der Waals surface area (Å²) in [6, 6.07) is 2.69. The van der Waals surface area contributed by atoms with E-state index in [0.717, 1.165) is 12.8 Å². The van der Waals surface area contributed by atoms with Crippen molar-refractivity contribution < 1.29 is 32.3 Å². The van der Waals surface area contributed by atoms with Gasteiger partial charge in [0.15, 0.2) is 11.9 Å². The highest BCUT2D eigenvalue weighted by molar-refractivity contribution is 7.89. The highest BCUT2D eigenvalue weighted by Gasteiger charge is 2.34. The van der Waals surface area contributed by atoms with Crippen LogP contribution in [0.25, 0.3) is 0 Å². The Morgan fingerprint density at radius 2 is 1.81 bits per heavy atom. The van der Waals surface area contributed by atoms with Crippen molar-refractivity contribution >= 4 is 21.9 Å². The number of piperidine rings is 1. The number of aliphatic hydroxyl groups excluding tert-OH is 1. The van der Waals surface area contributed by atoms with Gasteiger partial charge in [-0.3, -0.25) is 4.79 Å². The number of nitrogens with zero attached hydrogens (tertiary/aromatic N) is 2. The summed E-state index contributed by atoms with van der Waals surface area (Å²) in [6.07, 6.45) is 1.33. The number of amides is 1. The number of rotatable bonds is 5. The van der Waals surface area contributed by atoms with Gasteiger partial charge < -0.3 is 19.2 Å². The Morgan fingerprint density at radius 1 is 1.19 bits per heavy atom. The van der Waals surface area contributed by atoms with Crippen molar-refractivity contribution in [3.63, 3.8) is 0 Å². The Morgan fingerprint density at radius 3 is 2.41 bits per heavy atom. The van der Waals surface area contributed by atoms with Crippen LogP contribution in [0, 0.1) is 5.92 Å². The number of carbonyl (C=O) groups is 2. The van der Waals surface area contributed by atoms with Crippen LogP contribution in [0.1, 0.15) is 36.2 Å². The predicted octanol–water partition coefficient (Wildman–Crippen LogP) is 0.450. The van der Waals surface area contributed by atoms with Gasteiger partial charge in [0.25, 0.3) is 15.9 Å². The zero-order valence-corrected chi connectivity index (χ0v) is 16.0. The molecule has 0 aromatic carbocycles. The zero-order valence-electron chi connectivity index (χ0n) is 15.2. The minimum absolute atomic E-state index is 0.0280. The molecule has 2 fully saturated rings. The van der Waals surface area contributed by atoms with Crippen LogP contribution in [0.2, 0.25) is 0 Å². The molecule has 1 aromatic rings. The number of hydrogen-bond acceptors (Lipinski definition) is 7. The highest BCUT2D eigenvalue weighted by atomic mass is 32.2. The van der Waals surface area contributed by atoms with E-state index < -0.39 is 28.0 Å². The first-order valence-corrected chi connectivity index (χ1v) is 10.4. The number of sulfonamides is 1. The van der Waals surface area contributed by atoms with E-state index in [9.17, 15) is 23.1 Å². The number of esters is 1. The standard InChI is InChI=1S/C17H24N2O7S/c1-25-17(22)15(20)12-6-10-18(11-7-12)16(21)13-4-5-14(26-13)27(23,24)19-8-2-3-9-19/h4-5,12,15,20H,2-3,6-11H2,1H3. The second-order valence-electron chi connectivity index (χ2n) is 6.83. The van der Waals surface area contributed by atoms with Crippen molar-refractivity contribution in [3.05, 3.63) is 17.9 Å². The molecule has 3 heterocycles. The van der Waals surface area contributed by atoms with E-state index in [1.165, 1.54) is 28.4 Å². The average Bonchev–Trinajstić information content (AvgIpc) is 3.38. The third-order valence-corrected chi connectivity index (χ3v) is 6.94. The van der Waals surface area contributed by atoms with Gasteiger partial charge in [0.05, 0.1) is 7.11 Å². The second-order valence-corrected chi connectivity index (χ2v) is 8.70. The molecule has 1 atom stereocenters. The molecule has 1 N–H and O–H groups in total. The molecule has 1 unspecified atom stereocenters. The lowest BCUT2D eigenvalue weighted by molar-refractivity contribution is -0.154. The Labute approximate surface area is 157 Å². The Hall–Kier alpha value is -1.91. The van der Waals surface area contributed by atoms with Gasteiger partial charge in [-0.05, 0) is 43.7 Å². The molecule has 2 aliphatic heterocycles. The van der Waals surface area contributed by atoms with Gasteiger partial charge in [0, 0.05) is 26.2 Å². The van der Waals surface area contributed by atoms with E-state index >= 15 is 0 Å². The number of methoxy groups -OCH3 is 1. The molecule has 3 rings (SSSR count). The lowest BCUT2D eigenvalue weighted by Gasteiger charge is -2.32. The second kappa shape index (κ2) is 7.99. The number of hydrogen-bond donors (Lipinski definition) is 1. The molecule has 0 bridgehead atoms. The van der Waals surface area contributed by atoms with E-state index in [4.69, 9.17) is 4.42 Å². The SMILES string of the molecule is COC(=O)C(O)C1CCN(C(=O)c2ccc(S(=O)(=O)N3CCCC3)o2)CC1. The molecular formula is C17H24N2O7S. The fourth-order valence-corrected chi connectivity index (χ4v) is 4.95. The first-order chi connectivity index (χ1) is 12.8. The minimum Gasteiger partial charge on any atom is -0.467 e. The fourth-order valence-electron chi connectivity index (χ4n) is 3.52. The largest absolute Gasteiger partial charge is 0.467 e. The monoisotopic (exact) mass is 400 g/mol. The maximum atomic E-state index is 12.6. The summed E-state index contributed by atoms with van der Waals surface area (Å²) in [6.45, 7) is 1.60. The van der Waals surface area contributed by atoms with E-state index in [2.05, 4.69) is 4.74 Å². The van der Waals surface area contributed by atoms with Gasteiger partial charge in [-0.15, -0.1) is 0 Å². The van der Waals surface area contributed by atoms with Gasteiger partial charge in [-0.25, -0.2) is 13.2 Å². The maximum Gasteiger partial charge on any atom is 0.334 e. The summed E-state index contributed by atoms with van der Waals surface area (Å²) in [7, 11) is -2.49. The molecule has 9 nitrogen and oxygen atoms in total. The molecule has 1 amide bonds.